The first kappa shape index (κ1) is 16.9. The molecule has 1 N–H and O–H groups in total. The average Bonchev–Trinajstić information content (AvgIpc) is 2.84. The third kappa shape index (κ3) is 4.45. The highest BCUT2D eigenvalue weighted by molar-refractivity contribution is 5.81. The maximum Gasteiger partial charge on any atom is 0.313 e. The number of nitrogens with zero attached hydrogens (tertiary/aromatic N) is 1. The molecule has 0 spiro atoms. The largest absolute Gasteiger partial charge is 0.481 e. The highest BCUT2D eigenvalue weighted by atomic mass is 16.5. The molecule has 1 heterocycles. The highest BCUT2D eigenvalue weighted by Crippen LogP contribution is 2.31. The van der Waals surface area contributed by atoms with Gasteiger partial charge in [-0.2, -0.15) is 0 Å². The van der Waals surface area contributed by atoms with E-state index in [1.807, 2.05) is 0 Å². The van der Waals surface area contributed by atoms with Gasteiger partial charge in [0.25, 0.3) is 0 Å². The van der Waals surface area contributed by atoms with Gasteiger partial charge in [0.2, 0.25) is 5.91 Å². The minimum absolute atomic E-state index is 0.0341. The lowest BCUT2D eigenvalue weighted by atomic mass is 9.88. The lowest BCUT2D eigenvalue weighted by Gasteiger charge is -2.23. The van der Waals surface area contributed by atoms with E-state index in [4.69, 9.17) is 9.47 Å². The highest BCUT2D eigenvalue weighted by Gasteiger charge is 2.46. The van der Waals surface area contributed by atoms with Gasteiger partial charge in [-0.1, -0.05) is 19.8 Å². The molecule has 6 heteroatoms. The molecule has 1 aliphatic rings. The van der Waals surface area contributed by atoms with Crippen LogP contribution in [-0.4, -0.2) is 61.9 Å². The average molecular weight is 287 g/mol. The van der Waals surface area contributed by atoms with E-state index in [0.29, 0.717) is 19.6 Å². The molecule has 1 amide bonds. The van der Waals surface area contributed by atoms with Gasteiger partial charge in [0.1, 0.15) is 12.0 Å². The molecule has 20 heavy (non-hydrogen) atoms. The first-order valence-corrected chi connectivity index (χ1v) is 7.13. The van der Waals surface area contributed by atoms with E-state index in [-0.39, 0.29) is 25.7 Å². The van der Waals surface area contributed by atoms with Gasteiger partial charge in [-0.15, -0.1) is 0 Å². The lowest BCUT2D eigenvalue weighted by Crippen LogP contribution is -2.41. The summed E-state index contributed by atoms with van der Waals surface area (Å²) in [4.78, 5) is 24.9. The molecule has 0 bridgehead atoms. The third-order valence-electron chi connectivity index (χ3n) is 3.70. The molecule has 0 saturated carbocycles. The Kier molecular flexibility index (Phi) is 6.95. The predicted molar refractivity (Wildman–Crippen MR) is 73.5 cm³/mol. The molecule has 0 aromatic rings. The van der Waals surface area contributed by atoms with Crippen molar-refractivity contribution >= 4 is 11.9 Å². The second-order valence-corrected chi connectivity index (χ2v) is 5.34. The van der Waals surface area contributed by atoms with Crippen LogP contribution in [-0.2, 0) is 19.1 Å². The summed E-state index contributed by atoms with van der Waals surface area (Å²) in [6.07, 6.45) is 3.58. The number of amides is 1. The van der Waals surface area contributed by atoms with Crippen LogP contribution in [0.1, 0.15) is 32.6 Å². The van der Waals surface area contributed by atoms with Gasteiger partial charge in [-0.05, 0) is 12.8 Å². The fourth-order valence-electron chi connectivity index (χ4n) is 2.42. The van der Waals surface area contributed by atoms with Gasteiger partial charge in [-0.25, -0.2) is 0 Å². The van der Waals surface area contributed by atoms with Crippen LogP contribution in [0.5, 0.6) is 0 Å². The molecule has 1 rings (SSSR count). The van der Waals surface area contributed by atoms with Crippen molar-refractivity contribution in [3.63, 3.8) is 0 Å². The van der Waals surface area contributed by atoms with Crippen LogP contribution in [0.3, 0.4) is 0 Å². The number of ether oxygens (including phenoxy) is 2. The molecule has 0 aliphatic carbocycles. The van der Waals surface area contributed by atoms with Gasteiger partial charge in [0.15, 0.2) is 0 Å². The zero-order chi connectivity index (χ0) is 15.0. The Morgan fingerprint density at radius 3 is 2.70 bits per heavy atom. The molecule has 1 fully saturated rings. The first-order valence-electron chi connectivity index (χ1n) is 7.13. The van der Waals surface area contributed by atoms with Crippen LogP contribution in [0.4, 0.5) is 0 Å². The Morgan fingerprint density at radius 2 is 2.10 bits per heavy atom. The topological polar surface area (TPSA) is 76.1 Å². The maximum atomic E-state index is 12.0. The molecule has 1 aliphatic heterocycles. The monoisotopic (exact) mass is 287 g/mol. The quantitative estimate of drug-likeness (QED) is 0.644. The summed E-state index contributed by atoms with van der Waals surface area (Å²) >= 11 is 0. The third-order valence-corrected chi connectivity index (χ3v) is 3.70. The van der Waals surface area contributed by atoms with Crippen LogP contribution in [0.2, 0.25) is 0 Å². The summed E-state index contributed by atoms with van der Waals surface area (Å²) in [5.74, 6) is -1.04. The van der Waals surface area contributed by atoms with E-state index in [9.17, 15) is 14.7 Å². The molecule has 0 radical (unpaired) electrons. The maximum absolute atomic E-state index is 12.0. The lowest BCUT2D eigenvalue weighted by molar-refractivity contribution is -0.152. The second-order valence-electron chi connectivity index (χ2n) is 5.34. The van der Waals surface area contributed by atoms with Crippen LogP contribution < -0.4 is 0 Å². The number of rotatable bonds is 9. The Labute approximate surface area is 120 Å². The van der Waals surface area contributed by atoms with Crippen molar-refractivity contribution in [3.8, 4) is 0 Å². The number of hydrogen-bond acceptors (Lipinski definition) is 4. The Morgan fingerprint density at radius 1 is 1.35 bits per heavy atom. The molecular weight excluding hydrogens is 262 g/mol. The number of unbranched alkanes of at least 4 members (excludes halogenated alkanes) is 2. The van der Waals surface area contributed by atoms with E-state index < -0.39 is 11.4 Å². The molecule has 6 nitrogen and oxygen atoms in total. The summed E-state index contributed by atoms with van der Waals surface area (Å²) < 4.78 is 10.3. The van der Waals surface area contributed by atoms with Crippen molar-refractivity contribution in [1.29, 1.82) is 0 Å². The number of aliphatic carboxylic acids is 1. The number of likely N-dealkylation sites (tertiary alicyclic amines) is 1. The van der Waals surface area contributed by atoms with Crippen LogP contribution in [0, 0.1) is 5.41 Å². The predicted octanol–water partition coefficient (Wildman–Crippen LogP) is 1.14. The molecule has 1 saturated heterocycles. The summed E-state index contributed by atoms with van der Waals surface area (Å²) in [5, 5.41) is 9.32. The second kappa shape index (κ2) is 8.21. The van der Waals surface area contributed by atoms with E-state index in [2.05, 4.69) is 6.92 Å². The van der Waals surface area contributed by atoms with Crippen molar-refractivity contribution in [3.05, 3.63) is 0 Å². The van der Waals surface area contributed by atoms with Gasteiger partial charge in [-0.3, -0.25) is 9.59 Å². The Hall–Kier alpha value is -1.14. The molecule has 0 aromatic heterocycles. The normalized spacial score (nSPS) is 22.2. The fourth-order valence-corrected chi connectivity index (χ4v) is 2.42. The minimum Gasteiger partial charge on any atom is -0.481 e. The van der Waals surface area contributed by atoms with E-state index >= 15 is 0 Å². The van der Waals surface area contributed by atoms with Crippen molar-refractivity contribution in [2.75, 3.05) is 40.0 Å². The van der Waals surface area contributed by atoms with Crippen LogP contribution in [0.15, 0.2) is 0 Å². The summed E-state index contributed by atoms with van der Waals surface area (Å²) in [6.45, 7) is 3.50. The molecule has 1 unspecified atom stereocenters. The first-order chi connectivity index (χ1) is 9.55. The van der Waals surface area contributed by atoms with Crippen molar-refractivity contribution in [2.45, 2.75) is 32.6 Å². The van der Waals surface area contributed by atoms with Crippen molar-refractivity contribution < 1.29 is 24.2 Å². The zero-order valence-corrected chi connectivity index (χ0v) is 12.4. The summed E-state index contributed by atoms with van der Waals surface area (Å²) in [7, 11) is 1.48. The number of carboxylic acids is 1. The number of carbonyl (C=O) groups is 2. The zero-order valence-electron chi connectivity index (χ0n) is 12.4. The molecule has 116 valence electrons. The molecule has 0 aromatic carbocycles. The summed E-state index contributed by atoms with van der Waals surface area (Å²) in [5.41, 5.74) is -0.966. The van der Waals surface area contributed by atoms with Gasteiger partial charge < -0.3 is 19.5 Å². The smallest absolute Gasteiger partial charge is 0.313 e. The standard InChI is InChI=1S/C14H25NO5/c1-3-4-5-8-20-9-12(16)15-7-6-14(10-15,11-19-2)13(17)18/h3-11H2,1-2H3,(H,17,18). The number of carboxylic acid groups (broad SMARTS) is 1. The Bertz CT molecular complexity index is 334. The van der Waals surface area contributed by atoms with Gasteiger partial charge in [0.05, 0.1) is 6.61 Å². The van der Waals surface area contributed by atoms with Crippen LogP contribution >= 0.6 is 0 Å². The Balaban J connectivity index is 2.38. The number of hydrogen-bond donors (Lipinski definition) is 1. The van der Waals surface area contributed by atoms with Gasteiger partial charge >= 0.3 is 5.97 Å². The fraction of sp³-hybridized carbons (Fsp3) is 0.857. The molecule has 1 atom stereocenters. The molecular formula is C14H25NO5. The number of methoxy groups -OCH3 is 1. The van der Waals surface area contributed by atoms with Gasteiger partial charge in [0, 0.05) is 26.8 Å². The summed E-state index contributed by atoms with van der Waals surface area (Å²) in [6, 6.07) is 0. The van der Waals surface area contributed by atoms with Crippen LogP contribution in [0.25, 0.3) is 0 Å². The SMILES string of the molecule is CCCCCOCC(=O)N1CCC(COC)(C(=O)O)C1. The van der Waals surface area contributed by atoms with Crippen molar-refractivity contribution in [2.24, 2.45) is 5.41 Å². The number of carbonyl (C=O) groups excluding carboxylic acids is 1. The minimum atomic E-state index is -0.966. The van der Waals surface area contributed by atoms with E-state index in [1.54, 1.807) is 4.90 Å². The van der Waals surface area contributed by atoms with E-state index in [0.717, 1.165) is 19.3 Å². The van der Waals surface area contributed by atoms with E-state index in [1.165, 1.54) is 7.11 Å². The van der Waals surface area contributed by atoms with Crippen molar-refractivity contribution in [1.82, 2.24) is 4.90 Å².